The molecule has 0 atom stereocenters. The summed E-state index contributed by atoms with van der Waals surface area (Å²) in [6.07, 6.45) is 11.0. The molecule has 1 fully saturated rings. The summed E-state index contributed by atoms with van der Waals surface area (Å²) in [6.45, 7) is 2.06. The quantitative estimate of drug-likeness (QED) is 0.779. The van der Waals surface area contributed by atoms with E-state index >= 15 is 0 Å². The molecule has 0 radical (unpaired) electrons. The van der Waals surface area contributed by atoms with E-state index in [-0.39, 0.29) is 5.75 Å². The highest BCUT2D eigenvalue weighted by molar-refractivity contribution is 5.71. The highest BCUT2D eigenvalue weighted by Crippen LogP contribution is 2.27. The van der Waals surface area contributed by atoms with E-state index in [2.05, 4.69) is 19.9 Å². The maximum Gasteiger partial charge on any atom is 0.180 e. The lowest BCUT2D eigenvalue weighted by Crippen LogP contribution is -2.19. The highest BCUT2D eigenvalue weighted by Gasteiger charge is 2.18. The minimum Gasteiger partial charge on any atom is -0.506 e. The number of fused-ring (bicyclic) bond motifs is 1. The summed E-state index contributed by atoms with van der Waals surface area (Å²) in [5.74, 6) is 1.07. The summed E-state index contributed by atoms with van der Waals surface area (Å²) >= 11 is 0. The number of pyridine rings is 1. The first-order valence-electron chi connectivity index (χ1n) is 7.04. The molecular formula is C15H15N5O. The van der Waals surface area contributed by atoms with Crippen molar-refractivity contribution in [2.45, 2.75) is 12.8 Å². The van der Waals surface area contributed by atoms with Crippen LogP contribution in [0.3, 0.4) is 0 Å². The zero-order valence-corrected chi connectivity index (χ0v) is 11.5. The summed E-state index contributed by atoms with van der Waals surface area (Å²) in [5, 5.41) is 9.60. The van der Waals surface area contributed by atoms with Crippen LogP contribution < -0.4 is 4.90 Å². The maximum absolute atomic E-state index is 9.60. The van der Waals surface area contributed by atoms with Crippen LogP contribution in [0, 0.1) is 0 Å². The van der Waals surface area contributed by atoms with E-state index in [1.807, 2.05) is 10.6 Å². The summed E-state index contributed by atoms with van der Waals surface area (Å²) in [5.41, 5.74) is 2.58. The van der Waals surface area contributed by atoms with Gasteiger partial charge in [0.1, 0.15) is 5.75 Å². The van der Waals surface area contributed by atoms with Gasteiger partial charge in [0.15, 0.2) is 11.5 Å². The van der Waals surface area contributed by atoms with Crippen molar-refractivity contribution < 1.29 is 5.11 Å². The number of aromatic hydroxyl groups is 1. The van der Waals surface area contributed by atoms with Crippen LogP contribution in [0.1, 0.15) is 12.8 Å². The van der Waals surface area contributed by atoms with Gasteiger partial charge in [-0.25, -0.2) is 9.97 Å². The Hall–Kier alpha value is -2.63. The predicted octanol–water partition coefficient (Wildman–Crippen LogP) is 2.10. The number of anilines is 1. The zero-order chi connectivity index (χ0) is 14.2. The van der Waals surface area contributed by atoms with Gasteiger partial charge in [-0.1, -0.05) is 0 Å². The van der Waals surface area contributed by atoms with Gasteiger partial charge in [0.2, 0.25) is 0 Å². The fourth-order valence-corrected chi connectivity index (χ4v) is 2.84. The summed E-state index contributed by atoms with van der Waals surface area (Å²) in [7, 11) is 0. The number of rotatable bonds is 2. The van der Waals surface area contributed by atoms with Crippen LogP contribution in [0.15, 0.2) is 37.1 Å². The minimum atomic E-state index is 0.149. The Balaban J connectivity index is 1.87. The van der Waals surface area contributed by atoms with Gasteiger partial charge in [-0.15, -0.1) is 0 Å². The molecule has 4 heterocycles. The van der Waals surface area contributed by atoms with Crippen molar-refractivity contribution in [2.24, 2.45) is 0 Å². The van der Waals surface area contributed by atoms with E-state index in [4.69, 9.17) is 0 Å². The van der Waals surface area contributed by atoms with Gasteiger partial charge in [-0.2, -0.15) is 0 Å². The molecule has 6 heteroatoms. The molecule has 4 rings (SSSR count). The molecular weight excluding hydrogens is 266 g/mol. The second-order valence-corrected chi connectivity index (χ2v) is 5.21. The molecule has 1 aliphatic heterocycles. The Morgan fingerprint density at radius 3 is 2.71 bits per heavy atom. The summed E-state index contributed by atoms with van der Waals surface area (Å²) < 4.78 is 2.00. The molecule has 1 aliphatic rings. The number of hydrogen-bond donors (Lipinski definition) is 1. The highest BCUT2D eigenvalue weighted by atomic mass is 16.3. The van der Waals surface area contributed by atoms with Crippen molar-refractivity contribution >= 4 is 11.5 Å². The molecule has 0 aliphatic carbocycles. The topological polar surface area (TPSA) is 66.6 Å². The monoisotopic (exact) mass is 281 g/mol. The van der Waals surface area contributed by atoms with Crippen LogP contribution >= 0.6 is 0 Å². The molecule has 0 aromatic carbocycles. The van der Waals surface area contributed by atoms with Gasteiger partial charge in [0.25, 0.3) is 0 Å². The van der Waals surface area contributed by atoms with Crippen molar-refractivity contribution in [1.82, 2.24) is 19.4 Å². The third kappa shape index (κ3) is 1.99. The first-order chi connectivity index (χ1) is 10.3. The SMILES string of the molecule is Oc1cncc(-c2cnc3c(N4CCCC4)nccn23)c1. The lowest BCUT2D eigenvalue weighted by Gasteiger charge is -2.16. The first-order valence-corrected chi connectivity index (χ1v) is 7.04. The van der Waals surface area contributed by atoms with Gasteiger partial charge in [-0.05, 0) is 18.9 Å². The molecule has 0 saturated carbocycles. The smallest absolute Gasteiger partial charge is 0.180 e. The third-order valence-corrected chi connectivity index (χ3v) is 3.83. The number of aromatic nitrogens is 4. The summed E-state index contributed by atoms with van der Waals surface area (Å²) in [6, 6.07) is 1.69. The molecule has 0 unspecified atom stereocenters. The molecule has 0 bridgehead atoms. The Morgan fingerprint density at radius 1 is 1.05 bits per heavy atom. The van der Waals surface area contributed by atoms with Gasteiger partial charge >= 0.3 is 0 Å². The number of nitrogens with zero attached hydrogens (tertiary/aromatic N) is 5. The Morgan fingerprint density at radius 2 is 1.90 bits per heavy atom. The van der Waals surface area contributed by atoms with Crippen molar-refractivity contribution in [2.75, 3.05) is 18.0 Å². The second-order valence-electron chi connectivity index (χ2n) is 5.21. The van der Waals surface area contributed by atoms with E-state index in [1.165, 1.54) is 19.0 Å². The molecule has 1 N–H and O–H groups in total. The molecule has 3 aromatic heterocycles. The zero-order valence-electron chi connectivity index (χ0n) is 11.5. The molecule has 0 spiro atoms. The van der Waals surface area contributed by atoms with Crippen molar-refractivity contribution in [3.05, 3.63) is 37.1 Å². The van der Waals surface area contributed by atoms with Gasteiger partial charge in [0.05, 0.1) is 18.1 Å². The molecule has 1 saturated heterocycles. The van der Waals surface area contributed by atoms with E-state index in [0.29, 0.717) is 0 Å². The first kappa shape index (κ1) is 12.1. The van der Waals surface area contributed by atoms with Crippen LogP contribution in [0.2, 0.25) is 0 Å². The normalized spacial score (nSPS) is 15.0. The molecule has 6 nitrogen and oxygen atoms in total. The minimum absolute atomic E-state index is 0.149. The van der Waals surface area contributed by atoms with Gasteiger partial charge in [-0.3, -0.25) is 9.38 Å². The lowest BCUT2D eigenvalue weighted by molar-refractivity contribution is 0.473. The van der Waals surface area contributed by atoms with Gasteiger partial charge in [0, 0.05) is 37.2 Å². The van der Waals surface area contributed by atoms with E-state index in [9.17, 15) is 5.11 Å². The van der Waals surface area contributed by atoms with Crippen molar-refractivity contribution in [3.8, 4) is 17.0 Å². The Bertz CT molecular complexity index is 792. The average Bonchev–Trinajstić information content (AvgIpc) is 3.16. The largest absolute Gasteiger partial charge is 0.506 e. The van der Waals surface area contributed by atoms with Crippen LogP contribution in [0.25, 0.3) is 16.9 Å². The molecule has 21 heavy (non-hydrogen) atoms. The predicted molar refractivity (Wildman–Crippen MR) is 79.3 cm³/mol. The Kier molecular flexibility index (Phi) is 2.73. The fraction of sp³-hybridized carbons (Fsp3) is 0.267. The van der Waals surface area contributed by atoms with Gasteiger partial charge < -0.3 is 10.0 Å². The number of hydrogen-bond acceptors (Lipinski definition) is 5. The average molecular weight is 281 g/mol. The van der Waals surface area contributed by atoms with Crippen molar-refractivity contribution in [1.29, 1.82) is 0 Å². The molecule has 3 aromatic rings. The molecule has 106 valence electrons. The van der Waals surface area contributed by atoms with Crippen molar-refractivity contribution in [3.63, 3.8) is 0 Å². The third-order valence-electron chi connectivity index (χ3n) is 3.83. The van der Waals surface area contributed by atoms with E-state index in [0.717, 1.165) is 35.8 Å². The van der Waals surface area contributed by atoms with Crippen LogP contribution in [-0.2, 0) is 0 Å². The van der Waals surface area contributed by atoms with Crippen LogP contribution in [0.5, 0.6) is 5.75 Å². The summed E-state index contributed by atoms with van der Waals surface area (Å²) in [4.78, 5) is 15.3. The van der Waals surface area contributed by atoms with E-state index in [1.54, 1.807) is 24.7 Å². The van der Waals surface area contributed by atoms with Crippen LogP contribution in [-0.4, -0.2) is 37.5 Å². The fourth-order valence-electron chi connectivity index (χ4n) is 2.84. The van der Waals surface area contributed by atoms with Crippen LogP contribution in [0.4, 0.5) is 5.82 Å². The second kappa shape index (κ2) is 4.73. The standard InChI is InChI=1S/C15H15N5O/c21-12-7-11(8-16-9-12)13-10-18-15-14(17-3-6-20(13)15)19-4-1-2-5-19/h3,6-10,21H,1-2,4-5H2. The Labute approximate surface area is 121 Å². The molecule has 0 amide bonds. The van der Waals surface area contributed by atoms with E-state index < -0.39 is 0 Å². The lowest BCUT2D eigenvalue weighted by atomic mass is 10.2. The number of imidazole rings is 1. The maximum atomic E-state index is 9.60.